The number of nitrogens with zero attached hydrogens (tertiary/aromatic N) is 1. The molecule has 0 radical (unpaired) electrons. The van der Waals surface area contributed by atoms with Crippen molar-refractivity contribution in [1.29, 1.82) is 0 Å². The normalized spacial score (nSPS) is 22.8. The summed E-state index contributed by atoms with van der Waals surface area (Å²) < 4.78 is 25.7. The number of rotatable bonds is 3. The molecule has 1 aromatic carbocycles. The molecule has 0 bridgehead atoms. The van der Waals surface area contributed by atoms with Crippen molar-refractivity contribution in [3.05, 3.63) is 35.4 Å². The number of hydrogen-bond acceptors (Lipinski definition) is 3. The second kappa shape index (κ2) is 5.45. The van der Waals surface area contributed by atoms with Gasteiger partial charge < -0.3 is 4.84 Å². The topological polar surface area (TPSA) is 21.6 Å². The average Bonchev–Trinajstić information content (AvgIpc) is 2.74. The summed E-state index contributed by atoms with van der Waals surface area (Å²) in [4.78, 5) is 5.23. The Bertz CT molecular complexity index is 483. The van der Waals surface area contributed by atoms with E-state index in [0.717, 1.165) is 11.1 Å². The van der Waals surface area contributed by atoms with Gasteiger partial charge >= 0.3 is 0 Å². The van der Waals surface area contributed by atoms with Crippen LogP contribution in [0, 0.1) is 11.6 Å². The molecule has 18 heavy (non-hydrogen) atoms. The average molecular weight is 292 g/mol. The van der Waals surface area contributed by atoms with Gasteiger partial charge in [-0.3, -0.25) is 0 Å². The fraction of sp³-hybridized carbons (Fsp3) is 0.417. The van der Waals surface area contributed by atoms with E-state index in [0.29, 0.717) is 23.6 Å². The molecule has 0 N–H and O–H groups in total. The fourth-order valence-electron chi connectivity index (χ4n) is 1.49. The van der Waals surface area contributed by atoms with E-state index in [9.17, 15) is 8.78 Å². The fourth-order valence-corrected chi connectivity index (χ4v) is 2.64. The van der Waals surface area contributed by atoms with Crippen molar-refractivity contribution in [2.45, 2.75) is 24.7 Å². The highest BCUT2D eigenvalue weighted by Crippen LogP contribution is 2.30. The molecular weight excluding hydrogens is 280 g/mol. The Kier molecular flexibility index (Phi) is 4.12. The number of thioether (sulfide) groups is 1. The largest absolute Gasteiger partial charge is 0.387 e. The summed E-state index contributed by atoms with van der Waals surface area (Å²) in [6.45, 7) is 1.88. The third-order valence-electron chi connectivity index (χ3n) is 2.57. The Morgan fingerprint density at radius 3 is 2.83 bits per heavy atom. The SMILES string of the molecule is CC1(CCl)CC(SCc2ccc(F)c(F)c2)=NO1. The van der Waals surface area contributed by atoms with Crippen LogP contribution in [0.4, 0.5) is 8.78 Å². The zero-order valence-electron chi connectivity index (χ0n) is 9.75. The van der Waals surface area contributed by atoms with E-state index in [1.807, 2.05) is 6.92 Å². The van der Waals surface area contributed by atoms with Crippen LogP contribution in [-0.4, -0.2) is 16.5 Å². The Hall–Kier alpha value is -0.810. The minimum Gasteiger partial charge on any atom is -0.387 e. The molecule has 1 heterocycles. The van der Waals surface area contributed by atoms with Gasteiger partial charge in [-0.05, 0) is 24.6 Å². The maximum atomic E-state index is 13.0. The highest BCUT2D eigenvalue weighted by atomic mass is 35.5. The molecule has 0 saturated carbocycles. The van der Waals surface area contributed by atoms with Gasteiger partial charge in [-0.1, -0.05) is 11.2 Å². The molecule has 1 aromatic rings. The van der Waals surface area contributed by atoms with E-state index < -0.39 is 17.2 Å². The smallest absolute Gasteiger partial charge is 0.159 e. The second-order valence-electron chi connectivity index (χ2n) is 4.37. The number of alkyl halides is 1. The zero-order chi connectivity index (χ0) is 13.2. The molecule has 2 rings (SSSR count). The zero-order valence-corrected chi connectivity index (χ0v) is 11.3. The van der Waals surface area contributed by atoms with Crippen LogP contribution in [0.1, 0.15) is 18.9 Å². The maximum absolute atomic E-state index is 13.0. The maximum Gasteiger partial charge on any atom is 0.159 e. The summed E-state index contributed by atoms with van der Waals surface area (Å²) in [5.74, 6) is -0.771. The summed E-state index contributed by atoms with van der Waals surface area (Å²) in [5.41, 5.74) is 0.263. The molecule has 1 unspecified atom stereocenters. The monoisotopic (exact) mass is 291 g/mol. The number of hydrogen-bond donors (Lipinski definition) is 0. The molecule has 98 valence electrons. The van der Waals surface area contributed by atoms with Gasteiger partial charge in [0.25, 0.3) is 0 Å². The molecule has 0 fully saturated rings. The highest BCUT2D eigenvalue weighted by molar-refractivity contribution is 8.13. The minimum atomic E-state index is -0.833. The van der Waals surface area contributed by atoms with E-state index in [-0.39, 0.29) is 0 Å². The Morgan fingerprint density at radius 1 is 1.44 bits per heavy atom. The van der Waals surface area contributed by atoms with Gasteiger partial charge in [0.15, 0.2) is 17.2 Å². The van der Waals surface area contributed by atoms with E-state index in [1.54, 1.807) is 6.07 Å². The summed E-state index contributed by atoms with van der Waals surface area (Å²) in [6.07, 6.45) is 0.644. The number of oxime groups is 1. The Balaban J connectivity index is 1.91. The van der Waals surface area contributed by atoms with E-state index in [2.05, 4.69) is 5.16 Å². The Labute approximate surface area is 113 Å². The molecule has 0 spiro atoms. The molecule has 1 atom stereocenters. The van der Waals surface area contributed by atoms with E-state index in [1.165, 1.54) is 17.8 Å². The first-order chi connectivity index (χ1) is 8.52. The van der Waals surface area contributed by atoms with Crippen LogP contribution in [0.3, 0.4) is 0 Å². The summed E-state index contributed by atoms with van der Waals surface area (Å²) >= 11 is 7.22. The quantitative estimate of drug-likeness (QED) is 0.787. The number of benzene rings is 1. The van der Waals surface area contributed by atoms with Crippen molar-refractivity contribution in [3.8, 4) is 0 Å². The molecule has 0 aromatic heterocycles. The first kappa shape index (κ1) is 13.6. The van der Waals surface area contributed by atoms with Crippen LogP contribution in [0.15, 0.2) is 23.4 Å². The second-order valence-corrected chi connectivity index (χ2v) is 5.69. The molecular formula is C12H12ClF2NOS. The van der Waals surface area contributed by atoms with Gasteiger partial charge in [0.2, 0.25) is 0 Å². The molecule has 0 aliphatic carbocycles. The molecule has 6 heteroatoms. The predicted octanol–water partition coefficient (Wildman–Crippen LogP) is 3.93. The highest BCUT2D eigenvalue weighted by Gasteiger charge is 2.33. The van der Waals surface area contributed by atoms with Crippen molar-refractivity contribution in [1.82, 2.24) is 0 Å². The molecule has 1 aliphatic heterocycles. The minimum absolute atomic E-state index is 0.367. The lowest BCUT2D eigenvalue weighted by Gasteiger charge is -2.16. The lowest BCUT2D eigenvalue weighted by Crippen LogP contribution is -2.26. The molecule has 0 saturated heterocycles. The van der Waals surface area contributed by atoms with Gasteiger partial charge in [-0.2, -0.15) is 0 Å². The van der Waals surface area contributed by atoms with Crippen molar-refractivity contribution in [3.63, 3.8) is 0 Å². The predicted molar refractivity (Wildman–Crippen MR) is 69.9 cm³/mol. The van der Waals surface area contributed by atoms with Crippen LogP contribution >= 0.6 is 23.4 Å². The number of halogens is 3. The van der Waals surface area contributed by atoms with Crippen LogP contribution in [-0.2, 0) is 10.6 Å². The third-order valence-corrected chi connectivity index (χ3v) is 4.16. The van der Waals surface area contributed by atoms with Crippen molar-refractivity contribution >= 4 is 28.4 Å². The molecule has 2 nitrogen and oxygen atoms in total. The van der Waals surface area contributed by atoms with Gasteiger partial charge in [-0.15, -0.1) is 23.4 Å². The first-order valence-electron chi connectivity index (χ1n) is 5.40. The summed E-state index contributed by atoms with van der Waals surface area (Å²) in [5, 5.41) is 4.76. The van der Waals surface area contributed by atoms with Crippen molar-refractivity contribution < 1.29 is 13.6 Å². The molecule has 0 amide bonds. The lowest BCUT2D eigenvalue weighted by atomic mass is 10.1. The lowest BCUT2D eigenvalue weighted by molar-refractivity contribution is 0.0152. The van der Waals surface area contributed by atoms with Crippen LogP contribution in [0.2, 0.25) is 0 Å². The first-order valence-corrected chi connectivity index (χ1v) is 6.92. The third kappa shape index (κ3) is 3.14. The Morgan fingerprint density at radius 2 is 2.22 bits per heavy atom. The van der Waals surface area contributed by atoms with Gasteiger partial charge in [-0.25, -0.2) is 8.78 Å². The standard InChI is InChI=1S/C12H12ClF2NOS/c1-12(7-13)5-11(16-17-12)18-6-8-2-3-9(14)10(15)4-8/h2-4H,5-7H2,1H3. The molecule has 1 aliphatic rings. The van der Waals surface area contributed by atoms with Gasteiger partial charge in [0.05, 0.1) is 5.88 Å². The van der Waals surface area contributed by atoms with Gasteiger partial charge in [0, 0.05) is 12.2 Å². The van der Waals surface area contributed by atoms with Crippen LogP contribution < -0.4 is 0 Å². The van der Waals surface area contributed by atoms with Crippen molar-refractivity contribution in [2.24, 2.45) is 5.16 Å². The van der Waals surface area contributed by atoms with E-state index in [4.69, 9.17) is 16.4 Å². The summed E-state index contributed by atoms with van der Waals surface area (Å²) in [7, 11) is 0. The van der Waals surface area contributed by atoms with Gasteiger partial charge in [0.1, 0.15) is 5.04 Å². The van der Waals surface area contributed by atoms with Crippen molar-refractivity contribution in [2.75, 3.05) is 5.88 Å². The summed E-state index contributed by atoms with van der Waals surface area (Å²) in [6, 6.07) is 3.88. The van der Waals surface area contributed by atoms with Crippen LogP contribution in [0.5, 0.6) is 0 Å². The van der Waals surface area contributed by atoms with Crippen LogP contribution in [0.25, 0.3) is 0 Å². The van der Waals surface area contributed by atoms with E-state index >= 15 is 0 Å².